The van der Waals surface area contributed by atoms with Crippen molar-refractivity contribution in [3.8, 4) is 17.2 Å². The van der Waals surface area contributed by atoms with Crippen LogP contribution in [0.4, 0.5) is 0 Å². The summed E-state index contributed by atoms with van der Waals surface area (Å²) < 4.78 is 21.5. The van der Waals surface area contributed by atoms with Gasteiger partial charge in [0.1, 0.15) is 22.8 Å². The van der Waals surface area contributed by atoms with Crippen molar-refractivity contribution in [2.75, 3.05) is 21.3 Å². The zero-order valence-corrected chi connectivity index (χ0v) is 13.4. The Morgan fingerprint density at radius 2 is 1.95 bits per heavy atom. The molecule has 0 fully saturated rings. The molecule has 118 valence electrons. The Balaban J connectivity index is 2.59. The zero-order valence-electron chi connectivity index (χ0n) is 13.4. The SMILES string of the molecule is COC(=O)/C=C/c1c(OC)cc2c(c1OC)C=CC(C)(C)O2. The molecule has 0 saturated carbocycles. The first-order valence-electron chi connectivity index (χ1n) is 6.85. The van der Waals surface area contributed by atoms with Crippen molar-refractivity contribution < 1.29 is 23.7 Å². The van der Waals surface area contributed by atoms with Gasteiger partial charge in [-0.2, -0.15) is 0 Å². The minimum atomic E-state index is -0.449. The first-order chi connectivity index (χ1) is 10.4. The van der Waals surface area contributed by atoms with E-state index in [1.165, 1.54) is 13.2 Å². The average molecular weight is 304 g/mol. The van der Waals surface area contributed by atoms with Gasteiger partial charge in [-0.05, 0) is 32.1 Å². The number of fused-ring (bicyclic) bond motifs is 1. The Hall–Kier alpha value is -2.43. The number of hydrogen-bond donors (Lipinski definition) is 0. The first-order valence-corrected chi connectivity index (χ1v) is 6.85. The molecular weight excluding hydrogens is 284 g/mol. The fourth-order valence-electron chi connectivity index (χ4n) is 2.25. The molecule has 0 aromatic heterocycles. The molecule has 0 unspecified atom stereocenters. The molecule has 1 aliphatic heterocycles. The highest BCUT2D eigenvalue weighted by Crippen LogP contribution is 2.44. The van der Waals surface area contributed by atoms with Crippen molar-refractivity contribution in [3.05, 3.63) is 29.3 Å². The van der Waals surface area contributed by atoms with Crippen LogP contribution < -0.4 is 14.2 Å². The van der Waals surface area contributed by atoms with Gasteiger partial charge < -0.3 is 18.9 Å². The summed E-state index contributed by atoms with van der Waals surface area (Å²) in [7, 11) is 4.45. The lowest BCUT2D eigenvalue weighted by Crippen LogP contribution is -2.27. The molecule has 5 nitrogen and oxygen atoms in total. The molecule has 0 spiro atoms. The van der Waals surface area contributed by atoms with Crippen LogP contribution in [-0.4, -0.2) is 32.9 Å². The molecule has 0 N–H and O–H groups in total. The second-order valence-corrected chi connectivity index (χ2v) is 5.33. The highest BCUT2D eigenvalue weighted by Gasteiger charge is 2.26. The number of methoxy groups -OCH3 is 3. The molecule has 0 radical (unpaired) electrons. The third kappa shape index (κ3) is 3.08. The van der Waals surface area contributed by atoms with E-state index in [2.05, 4.69) is 4.74 Å². The van der Waals surface area contributed by atoms with Crippen LogP contribution in [0.5, 0.6) is 17.2 Å². The molecule has 2 rings (SSSR count). The highest BCUT2D eigenvalue weighted by molar-refractivity contribution is 5.89. The van der Waals surface area contributed by atoms with Crippen molar-refractivity contribution >= 4 is 18.1 Å². The van der Waals surface area contributed by atoms with E-state index >= 15 is 0 Å². The van der Waals surface area contributed by atoms with Gasteiger partial charge in [-0.15, -0.1) is 0 Å². The van der Waals surface area contributed by atoms with E-state index in [1.807, 2.05) is 26.0 Å². The predicted molar refractivity (Wildman–Crippen MR) is 84.3 cm³/mol. The molecule has 5 heteroatoms. The van der Waals surface area contributed by atoms with Crippen LogP contribution in [0, 0.1) is 0 Å². The van der Waals surface area contributed by atoms with E-state index in [9.17, 15) is 4.79 Å². The quantitative estimate of drug-likeness (QED) is 0.632. The third-order valence-electron chi connectivity index (χ3n) is 3.32. The van der Waals surface area contributed by atoms with Crippen LogP contribution in [0.3, 0.4) is 0 Å². The molecule has 1 aromatic rings. The molecule has 0 bridgehead atoms. The van der Waals surface area contributed by atoms with Crippen molar-refractivity contribution in [1.82, 2.24) is 0 Å². The topological polar surface area (TPSA) is 54.0 Å². The van der Waals surface area contributed by atoms with Crippen molar-refractivity contribution in [1.29, 1.82) is 0 Å². The van der Waals surface area contributed by atoms with Gasteiger partial charge in [0.2, 0.25) is 0 Å². The van der Waals surface area contributed by atoms with E-state index in [0.717, 1.165) is 5.56 Å². The Morgan fingerprint density at radius 3 is 2.55 bits per heavy atom. The Bertz CT molecular complexity index is 641. The second kappa shape index (κ2) is 6.13. The third-order valence-corrected chi connectivity index (χ3v) is 3.32. The zero-order chi connectivity index (χ0) is 16.3. The largest absolute Gasteiger partial charge is 0.496 e. The summed E-state index contributed by atoms with van der Waals surface area (Å²) in [5, 5.41) is 0. The summed E-state index contributed by atoms with van der Waals surface area (Å²) in [4.78, 5) is 11.3. The Kier molecular flexibility index (Phi) is 4.45. The predicted octanol–water partition coefficient (Wildman–Crippen LogP) is 3.07. The van der Waals surface area contributed by atoms with Crippen molar-refractivity contribution in [3.63, 3.8) is 0 Å². The Labute approximate surface area is 130 Å². The summed E-state index contributed by atoms with van der Waals surface area (Å²) in [6, 6.07) is 1.79. The van der Waals surface area contributed by atoms with Gasteiger partial charge >= 0.3 is 5.97 Å². The molecule has 0 aliphatic carbocycles. The van der Waals surface area contributed by atoms with Crippen molar-refractivity contribution in [2.45, 2.75) is 19.4 Å². The number of hydrogen-bond acceptors (Lipinski definition) is 5. The van der Waals surface area contributed by atoms with Crippen LogP contribution in [0.2, 0.25) is 0 Å². The molecule has 22 heavy (non-hydrogen) atoms. The maximum absolute atomic E-state index is 11.3. The standard InChI is InChI=1S/C17H20O5/c1-17(2)9-8-12-14(22-17)10-13(19-3)11(16(12)21-5)6-7-15(18)20-4/h6-10H,1-5H3/b7-6+. The fourth-order valence-corrected chi connectivity index (χ4v) is 2.25. The first kappa shape index (κ1) is 15.9. The lowest BCUT2D eigenvalue weighted by molar-refractivity contribution is -0.134. The number of rotatable bonds is 4. The van der Waals surface area contributed by atoms with E-state index in [0.29, 0.717) is 22.8 Å². The molecule has 0 atom stereocenters. The Morgan fingerprint density at radius 1 is 1.23 bits per heavy atom. The summed E-state index contributed by atoms with van der Waals surface area (Å²) in [5.74, 6) is 1.37. The minimum absolute atomic E-state index is 0.396. The fraction of sp³-hybridized carbons (Fsp3) is 0.353. The number of benzene rings is 1. The van der Waals surface area contributed by atoms with E-state index in [1.54, 1.807) is 26.4 Å². The number of ether oxygens (including phenoxy) is 4. The lowest BCUT2D eigenvalue weighted by Gasteiger charge is -2.29. The average Bonchev–Trinajstić information content (AvgIpc) is 2.50. The van der Waals surface area contributed by atoms with Gasteiger partial charge in [0.25, 0.3) is 0 Å². The molecule has 1 heterocycles. The minimum Gasteiger partial charge on any atom is -0.496 e. The number of carbonyl (C=O) groups is 1. The summed E-state index contributed by atoms with van der Waals surface area (Å²) in [5.41, 5.74) is 1.07. The molecule has 1 aromatic carbocycles. The lowest BCUT2D eigenvalue weighted by atomic mass is 9.98. The molecule has 0 saturated heterocycles. The van der Waals surface area contributed by atoms with E-state index < -0.39 is 11.6 Å². The molecular formula is C17H20O5. The maximum atomic E-state index is 11.3. The van der Waals surface area contributed by atoms with Gasteiger partial charge in [-0.3, -0.25) is 0 Å². The molecule has 0 amide bonds. The van der Waals surface area contributed by atoms with Crippen LogP contribution in [0.15, 0.2) is 18.2 Å². The number of carbonyl (C=O) groups excluding carboxylic acids is 1. The van der Waals surface area contributed by atoms with Crippen LogP contribution in [-0.2, 0) is 9.53 Å². The van der Waals surface area contributed by atoms with Crippen LogP contribution in [0.25, 0.3) is 12.2 Å². The van der Waals surface area contributed by atoms with Gasteiger partial charge in [0, 0.05) is 12.1 Å². The summed E-state index contributed by atoms with van der Waals surface area (Å²) in [6.45, 7) is 3.94. The normalized spacial score (nSPS) is 15.1. The summed E-state index contributed by atoms with van der Waals surface area (Å²) in [6.07, 6.45) is 6.84. The molecule has 1 aliphatic rings. The summed E-state index contributed by atoms with van der Waals surface area (Å²) >= 11 is 0. The maximum Gasteiger partial charge on any atom is 0.330 e. The van der Waals surface area contributed by atoms with E-state index in [4.69, 9.17) is 14.2 Å². The van der Waals surface area contributed by atoms with Crippen LogP contribution in [0.1, 0.15) is 25.0 Å². The highest BCUT2D eigenvalue weighted by atomic mass is 16.5. The van der Waals surface area contributed by atoms with Crippen molar-refractivity contribution in [2.24, 2.45) is 0 Å². The monoisotopic (exact) mass is 304 g/mol. The van der Waals surface area contributed by atoms with Gasteiger partial charge in [-0.25, -0.2) is 4.79 Å². The van der Waals surface area contributed by atoms with Gasteiger partial charge in [0.05, 0.1) is 32.5 Å². The van der Waals surface area contributed by atoms with Crippen LogP contribution >= 0.6 is 0 Å². The van der Waals surface area contributed by atoms with E-state index in [-0.39, 0.29) is 0 Å². The second-order valence-electron chi connectivity index (χ2n) is 5.33. The number of esters is 1. The van der Waals surface area contributed by atoms with Gasteiger partial charge in [0.15, 0.2) is 0 Å². The van der Waals surface area contributed by atoms with Gasteiger partial charge in [-0.1, -0.05) is 0 Å². The smallest absolute Gasteiger partial charge is 0.330 e.